The van der Waals surface area contributed by atoms with E-state index in [0.29, 0.717) is 24.7 Å². The summed E-state index contributed by atoms with van der Waals surface area (Å²) in [7, 11) is -0.359. The van der Waals surface area contributed by atoms with Gasteiger partial charge < -0.3 is 4.74 Å². The van der Waals surface area contributed by atoms with E-state index in [2.05, 4.69) is 35.5 Å². The smallest absolute Gasteiger partial charge is 0.257 e. The highest BCUT2D eigenvalue weighted by atomic mass is 35.5. The van der Waals surface area contributed by atoms with Gasteiger partial charge in [-0.2, -0.15) is 4.31 Å². The average molecular weight is 406 g/mol. The van der Waals surface area contributed by atoms with Crippen LogP contribution in [0.25, 0.3) is 0 Å². The maximum absolute atomic E-state index is 14.3. The van der Waals surface area contributed by atoms with Crippen LogP contribution in [0, 0.1) is 6.92 Å². The Morgan fingerprint density at radius 1 is 1.11 bits per heavy atom. The first-order valence-corrected chi connectivity index (χ1v) is 11.4. The van der Waals surface area contributed by atoms with E-state index in [-0.39, 0.29) is 11.4 Å². The van der Waals surface area contributed by atoms with E-state index in [1.807, 2.05) is 35.6 Å². The van der Waals surface area contributed by atoms with Gasteiger partial charge in [0.15, 0.2) is 5.25 Å². The minimum absolute atomic E-state index is 0.0815. The van der Waals surface area contributed by atoms with E-state index >= 15 is 0 Å². The molecular weight excluding hydrogens is 380 g/mol. The number of benzene rings is 2. The zero-order valence-corrected chi connectivity index (χ0v) is 17.4. The first kappa shape index (κ1) is 18.9. The van der Waals surface area contributed by atoms with Crippen molar-refractivity contribution in [1.82, 2.24) is 4.31 Å². The van der Waals surface area contributed by atoms with Crippen molar-refractivity contribution in [1.29, 1.82) is 0 Å². The Balaban J connectivity index is 1.60. The molecule has 1 saturated carbocycles. The molecule has 1 heterocycles. The molecule has 1 saturated heterocycles. The van der Waals surface area contributed by atoms with Gasteiger partial charge in [-0.15, -0.1) is 0 Å². The van der Waals surface area contributed by atoms with Crippen LogP contribution in [0.1, 0.15) is 30.1 Å². The summed E-state index contributed by atoms with van der Waals surface area (Å²) in [5, 5.41) is 0.945. The van der Waals surface area contributed by atoms with Crippen molar-refractivity contribution in [2.24, 2.45) is 0 Å². The number of halogens is 1. The van der Waals surface area contributed by atoms with Crippen LogP contribution in [0.3, 0.4) is 0 Å². The number of rotatable bonds is 5. The van der Waals surface area contributed by atoms with Gasteiger partial charge in [0.25, 0.3) is 10.3 Å². The largest absolute Gasteiger partial charge is 0.370 e. The highest BCUT2D eigenvalue weighted by Crippen LogP contribution is 2.42. The molecule has 2 unspecified atom stereocenters. The number of hydrogen-bond donors (Lipinski definition) is 0. The minimum Gasteiger partial charge on any atom is -0.370 e. The first-order valence-electron chi connectivity index (χ1n) is 9.44. The third kappa shape index (κ3) is 3.79. The molecule has 2 aromatic rings. The summed E-state index contributed by atoms with van der Waals surface area (Å²) < 4.78 is 24.5. The van der Waals surface area contributed by atoms with Gasteiger partial charge in [0.1, 0.15) is 0 Å². The van der Waals surface area contributed by atoms with Gasteiger partial charge in [-0.1, -0.05) is 49.9 Å². The topological polar surface area (TPSA) is 32.8 Å². The quantitative estimate of drug-likeness (QED) is 0.678. The van der Waals surface area contributed by atoms with E-state index in [1.54, 1.807) is 0 Å². The summed E-state index contributed by atoms with van der Waals surface area (Å²) in [5.41, 5.74) is 3.30. The average Bonchev–Trinajstić information content (AvgIpc) is 3.54. The van der Waals surface area contributed by atoms with E-state index < -0.39 is 10.3 Å². The molecule has 2 aliphatic rings. The molecule has 2 fully saturated rings. The second-order valence-electron chi connectivity index (χ2n) is 7.37. The van der Waals surface area contributed by atoms with Crippen LogP contribution in [0.4, 0.5) is 5.69 Å². The van der Waals surface area contributed by atoms with Gasteiger partial charge in [-0.25, -0.2) is 0 Å². The highest BCUT2D eigenvalue weighted by Gasteiger charge is 2.57. The van der Waals surface area contributed by atoms with Crippen molar-refractivity contribution < 1.29 is 8.95 Å². The fourth-order valence-corrected chi connectivity index (χ4v) is 6.83. The van der Waals surface area contributed by atoms with Crippen molar-refractivity contribution in [3.8, 4) is 0 Å². The fraction of sp³-hybridized carbons (Fsp3) is 0.429. The summed E-state index contributed by atoms with van der Waals surface area (Å²) in [6, 6.07) is 16.1. The van der Waals surface area contributed by atoms with Crippen LogP contribution in [0.5, 0.6) is 0 Å². The molecule has 0 aromatic heterocycles. The third-order valence-electron chi connectivity index (χ3n) is 5.39. The van der Waals surface area contributed by atoms with Crippen LogP contribution in [0.15, 0.2) is 48.5 Å². The summed E-state index contributed by atoms with van der Waals surface area (Å²) in [5.74, 6) is 0. The number of hydrogen-bond acceptors (Lipinski definition) is 2. The molecule has 1 aliphatic heterocycles. The van der Waals surface area contributed by atoms with Gasteiger partial charge in [-0.05, 0) is 36.8 Å². The lowest BCUT2D eigenvalue weighted by atomic mass is 10.1. The van der Waals surface area contributed by atoms with Gasteiger partial charge >= 0.3 is 0 Å². The molecule has 0 spiro atoms. The van der Waals surface area contributed by atoms with Crippen LogP contribution >= 0.6 is 11.6 Å². The first-order chi connectivity index (χ1) is 13.0. The van der Waals surface area contributed by atoms with Crippen molar-refractivity contribution in [2.75, 3.05) is 31.0 Å². The molecule has 4 nitrogen and oxygen atoms in total. The third-order valence-corrected chi connectivity index (χ3v) is 9.05. The number of aryl methyl sites for hydroxylation is 1. The van der Waals surface area contributed by atoms with Crippen LogP contribution in [-0.2, 0) is 19.3 Å². The van der Waals surface area contributed by atoms with Gasteiger partial charge in [-0.3, -0.25) is 0 Å². The Morgan fingerprint density at radius 2 is 1.78 bits per heavy atom. The Bertz CT molecular complexity index is 836. The fourth-order valence-electron chi connectivity index (χ4n) is 3.63. The van der Waals surface area contributed by atoms with E-state index in [4.69, 9.17) is 16.3 Å². The van der Waals surface area contributed by atoms with Crippen LogP contribution in [0.2, 0.25) is 5.02 Å². The summed E-state index contributed by atoms with van der Waals surface area (Å²) in [4.78, 5) is 0. The number of nitrogens with zero attached hydrogens (tertiary/aromatic N) is 2. The predicted molar refractivity (Wildman–Crippen MR) is 112 cm³/mol. The van der Waals surface area contributed by atoms with Gasteiger partial charge in [0, 0.05) is 17.9 Å². The minimum atomic E-state index is -2.33. The molecule has 27 heavy (non-hydrogen) atoms. The Kier molecular flexibility index (Phi) is 5.30. The molecule has 1 aliphatic carbocycles. The number of ether oxygens (including phenoxy) is 1. The van der Waals surface area contributed by atoms with Crippen molar-refractivity contribution in [3.63, 3.8) is 0 Å². The maximum atomic E-state index is 14.3. The van der Waals surface area contributed by atoms with E-state index in [9.17, 15) is 4.21 Å². The molecule has 144 valence electrons. The standard InChI is InChI=1S/C21H26ClN2O2S/c1-16-3-9-19(10-4-16)23(2)27(25,20-11-12-20)24-13-14-26-21(15-24)17-5-7-18(22)8-6-17/h3-10,20-21H,11-15H2,1-2H3/q+1. The normalized spacial score (nSPS) is 23.0. The SMILES string of the molecule is Cc1ccc(N(C)[S+](=O)(C2CC2)N2CCOC(c3ccc(Cl)cc3)C2)cc1. The maximum Gasteiger partial charge on any atom is 0.257 e. The van der Waals surface area contributed by atoms with Gasteiger partial charge in [0.2, 0.25) is 0 Å². The molecule has 0 amide bonds. The molecule has 0 bridgehead atoms. The summed E-state index contributed by atoms with van der Waals surface area (Å²) in [6.45, 7) is 3.97. The second kappa shape index (κ2) is 7.55. The molecule has 0 radical (unpaired) electrons. The van der Waals surface area contributed by atoms with Crippen LogP contribution in [-0.4, -0.2) is 36.3 Å². The zero-order chi connectivity index (χ0) is 19.0. The van der Waals surface area contributed by atoms with Crippen molar-refractivity contribution in [3.05, 3.63) is 64.7 Å². The highest BCUT2D eigenvalue weighted by molar-refractivity contribution is 8.02. The van der Waals surface area contributed by atoms with Gasteiger partial charge in [0.05, 0.1) is 38.5 Å². The number of morpholine rings is 1. The zero-order valence-electron chi connectivity index (χ0n) is 15.8. The van der Waals surface area contributed by atoms with Crippen molar-refractivity contribution in [2.45, 2.75) is 31.1 Å². The molecule has 6 heteroatoms. The van der Waals surface area contributed by atoms with Crippen molar-refractivity contribution >= 4 is 27.6 Å². The summed E-state index contributed by atoms with van der Waals surface area (Å²) >= 11 is 6.02. The monoisotopic (exact) mass is 405 g/mol. The molecule has 4 rings (SSSR count). The summed E-state index contributed by atoms with van der Waals surface area (Å²) in [6.07, 6.45) is 1.97. The van der Waals surface area contributed by atoms with E-state index in [0.717, 1.165) is 24.1 Å². The Labute approximate surface area is 167 Å². The van der Waals surface area contributed by atoms with E-state index in [1.165, 1.54) is 5.56 Å². The lowest BCUT2D eigenvalue weighted by molar-refractivity contribution is -0.00233. The molecule has 0 N–H and O–H groups in total. The lowest BCUT2D eigenvalue weighted by Gasteiger charge is -2.36. The molecular formula is C21H26ClN2O2S+. The van der Waals surface area contributed by atoms with Crippen LogP contribution < -0.4 is 4.31 Å². The second-order valence-corrected chi connectivity index (χ2v) is 10.6. The lowest BCUT2D eigenvalue weighted by Crippen LogP contribution is -2.54. The Morgan fingerprint density at radius 3 is 2.41 bits per heavy atom. The predicted octanol–water partition coefficient (Wildman–Crippen LogP) is 4.65. The number of anilines is 1. The molecule has 2 atom stereocenters. The Hall–Kier alpha value is -1.40. The molecule has 2 aromatic carbocycles.